The van der Waals surface area contributed by atoms with Crippen molar-refractivity contribution in [3.05, 3.63) is 29.0 Å². The zero-order valence-electron chi connectivity index (χ0n) is 15.5. The van der Waals surface area contributed by atoms with Crippen molar-refractivity contribution in [2.24, 2.45) is 10.4 Å². The molecule has 1 aromatic rings. The smallest absolute Gasteiger partial charge is 0.191 e. The molecule has 1 heterocycles. The molecule has 0 amide bonds. The molecule has 0 saturated carbocycles. The Morgan fingerprint density at radius 3 is 2.48 bits per heavy atom. The highest BCUT2D eigenvalue weighted by molar-refractivity contribution is 14.0. The standard InChI is InChI=1S/C18H31ClN4O.HI/c1-4-18(5-2,10-12-24)14-23-17(20-6-3)21-11-9-15-7-8-16(19)22-13-15;/h7-8,13,24H,4-6,9-12,14H2,1-3H3,(H2,20,21,23);1H. The molecule has 0 saturated heterocycles. The molecule has 0 bridgehead atoms. The van der Waals surface area contributed by atoms with Crippen molar-refractivity contribution < 1.29 is 5.11 Å². The Morgan fingerprint density at radius 2 is 1.96 bits per heavy atom. The second kappa shape index (κ2) is 13.6. The van der Waals surface area contributed by atoms with Crippen LogP contribution in [0, 0.1) is 5.41 Å². The third-order valence-electron chi connectivity index (χ3n) is 4.55. The molecule has 25 heavy (non-hydrogen) atoms. The van der Waals surface area contributed by atoms with E-state index in [1.54, 1.807) is 6.20 Å². The van der Waals surface area contributed by atoms with Crippen LogP contribution in [0.1, 0.15) is 45.6 Å². The number of hydrogen-bond donors (Lipinski definition) is 3. The molecule has 144 valence electrons. The van der Waals surface area contributed by atoms with Crippen molar-refractivity contribution in [2.75, 3.05) is 26.2 Å². The topological polar surface area (TPSA) is 69.5 Å². The first-order valence-corrected chi connectivity index (χ1v) is 9.20. The average molecular weight is 483 g/mol. The monoisotopic (exact) mass is 482 g/mol. The van der Waals surface area contributed by atoms with Crippen molar-refractivity contribution in [2.45, 2.75) is 46.5 Å². The van der Waals surface area contributed by atoms with Crippen LogP contribution in [-0.4, -0.2) is 42.3 Å². The zero-order valence-corrected chi connectivity index (χ0v) is 18.6. The van der Waals surface area contributed by atoms with E-state index in [1.165, 1.54) is 0 Å². The molecule has 0 aliphatic rings. The number of aliphatic hydroxyl groups excluding tert-OH is 1. The molecule has 1 rings (SSSR count). The van der Waals surface area contributed by atoms with Crippen LogP contribution in [0.2, 0.25) is 5.15 Å². The number of nitrogens with zero attached hydrogens (tertiary/aromatic N) is 2. The predicted molar refractivity (Wildman–Crippen MR) is 117 cm³/mol. The van der Waals surface area contributed by atoms with E-state index in [-0.39, 0.29) is 36.0 Å². The summed E-state index contributed by atoms with van der Waals surface area (Å²) in [4.78, 5) is 8.83. The first kappa shape index (κ1) is 24.4. The molecule has 0 atom stereocenters. The van der Waals surface area contributed by atoms with Gasteiger partial charge in [0.15, 0.2) is 5.96 Å². The Kier molecular flexibility index (Phi) is 13.3. The lowest BCUT2D eigenvalue weighted by Crippen LogP contribution is -2.39. The lowest BCUT2D eigenvalue weighted by molar-refractivity contribution is 0.175. The molecule has 0 aliphatic heterocycles. The minimum absolute atomic E-state index is 0. The molecule has 0 aliphatic carbocycles. The number of hydrogen-bond acceptors (Lipinski definition) is 3. The number of rotatable bonds is 10. The molecule has 3 N–H and O–H groups in total. The SMILES string of the molecule is CCNC(=NCC(CC)(CC)CCO)NCCc1ccc(Cl)nc1.I. The summed E-state index contributed by atoms with van der Waals surface area (Å²) in [6.07, 6.45) is 5.48. The van der Waals surface area contributed by atoms with Crippen molar-refractivity contribution in [1.29, 1.82) is 0 Å². The third-order valence-corrected chi connectivity index (χ3v) is 4.78. The summed E-state index contributed by atoms with van der Waals surface area (Å²) in [5.41, 5.74) is 1.22. The van der Waals surface area contributed by atoms with Crippen LogP contribution in [-0.2, 0) is 6.42 Å². The van der Waals surface area contributed by atoms with E-state index >= 15 is 0 Å². The fourth-order valence-electron chi connectivity index (χ4n) is 2.61. The van der Waals surface area contributed by atoms with Gasteiger partial charge in [-0.05, 0) is 49.7 Å². The first-order valence-electron chi connectivity index (χ1n) is 8.82. The van der Waals surface area contributed by atoms with Crippen molar-refractivity contribution in [1.82, 2.24) is 15.6 Å². The Balaban J connectivity index is 0.00000576. The van der Waals surface area contributed by atoms with E-state index in [1.807, 2.05) is 12.1 Å². The third kappa shape index (κ3) is 9.06. The maximum absolute atomic E-state index is 9.32. The molecule has 0 spiro atoms. The van der Waals surface area contributed by atoms with Crippen LogP contribution >= 0.6 is 35.6 Å². The maximum atomic E-state index is 9.32. The fourth-order valence-corrected chi connectivity index (χ4v) is 2.72. The summed E-state index contributed by atoms with van der Waals surface area (Å²) < 4.78 is 0. The van der Waals surface area contributed by atoms with E-state index < -0.39 is 0 Å². The molecule has 1 aromatic heterocycles. The van der Waals surface area contributed by atoms with E-state index in [0.29, 0.717) is 5.15 Å². The predicted octanol–water partition coefficient (Wildman–Crippen LogP) is 3.64. The van der Waals surface area contributed by atoms with Gasteiger partial charge in [-0.2, -0.15) is 0 Å². The lowest BCUT2D eigenvalue weighted by atomic mass is 9.79. The first-order chi connectivity index (χ1) is 11.6. The number of aliphatic imine (C=N–C) groups is 1. The van der Waals surface area contributed by atoms with E-state index in [4.69, 9.17) is 16.6 Å². The summed E-state index contributed by atoms with van der Waals surface area (Å²) in [5, 5.41) is 16.5. The van der Waals surface area contributed by atoms with E-state index in [0.717, 1.165) is 56.8 Å². The average Bonchev–Trinajstić information content (AvgIpc) is 2.60. The maximum Gasteiger partial charge on any atom is 0.191 e. The Hall–Kier alpha value is -0.600. The van der Waals surface area contributed by atoms with Gasteiger partial charge in [-0.25, -0.2) is 4.98 Å². The summed E-state index contributed by atoms with van der Waals surface area (Å²) in [6.45, 7) is 8.93. The Labute approximate surface area is 174 Å². The van der Waals surface area contributed by atoms with Gasteiger partial charge in [0.1, 0.15) is 5.15 Å². The number of halogens is 2. The quantitative estimate of drug-likeness (QED) is 0.206. The minimum atomic E-state index is 0. The summed E-state index contributed by atoms with van der Waals surface area (Å²) in [5.74, 6) is 0.823. The molecule has 0 radical (unpaired) electrons. The summed E-state index contributed by atoms with van der Waals surface area (Å²) >= 11 is 5.80. The van der Waals surface area contributed by atoms with Gasteiger partial charge < -0.3 is 15.7 Å². The minimum Gasteiger partial charge on any atom is -0.396 e. The number of aliphatic hydroxyl groups is 1. The fraction of sp³-hybridized carbons (Fsp3) is 0.667. The second-order valence-electron chi connectivity index (χ2n) is 6.04. The van der Waals surface area contributed by atoms with Crippen LogP contribution < -0.4 is 10.6 Å². The van der Waals surface area contributed by atoms with E-state index in [9.17, 15) is 5.11 Å². The van der Waals surface area contributed by atoms with Gasteiger partial charge in [0.25, 0.3) is 0 Å². The number of nitrogens with one attached hydrogen (secondary N) is 2. The largest absolute Gasteiger partial charge is 0.396 e. The van der Waals surface area contributed by atoms with Gasteiger partial charge in [0, 0.05) is 32.4 Å². The highest BCUT2D eigenvalue weighted by atomic mass is 127. The molecule has 0 fully saturated rings. The van der Waals surface area contributed by atoms with Gasteiger partial charge in [0.05, 0.1) is 0 Å². The van der Waals surface area contributed by atoms with Crippen molar-refractivity contribution >= 4 is 41.5 Å². The number of guanidine groups is 1. The van der Waals surface area contributed by atoms with Crippen molar-refractivity contribution in [3.8, 4) is 0 Å². The molecule has 0 unspecified atom stereocenters. The Morgan fingerprint density at radius 1 is 1.24 bits per heavy atom. The molecule has 0 aromatic carbocycles. The van der Waals surface area contributed by atoms with Crippen LogP contribution in [0.4, 0.5) is 0 Å². The van der Waals surface area contributed by atoms with Gasteiger partial charge in [0.2, 0.25) is 0 Å². The molecular formula is C18H32ClIN4O. The van der Waals surface area contributed by atoms with Crippen LogP contribution in [0.15, 0.2) is 23.3 Å². The lowest BCUT2D eigenvalue weighted by Gasteiger charge is -2.29. The second-order valence-corrected chi connectivity index (χ2v) is 6.43. The molecule has 5 nitrogen and oxygen atoms in total. The number of pyridine rings is 1. The Bertz CT molecular complexity index is 492. The number of aromatic nitrogens is 1. The zero-order chi connectivity index (χ0) is 17.8. The molecule has 7 heteroatoms. The normalized spacial score (nSPS) is 11.8. The van der Waals surface area contributed by atoms with Crippen LogP contribution in [0.5, 0.6) is 0 Å². The van der Waals surface area contributed by atoms with Gasteiger partial charge in [-0.15, -0.1) is 24.0 Å². The summed E-state index contributed by atoms with van der Waals surface area (Å²) in [7, 11) is 0. The van der Waals surface area contributed by atoms with E-state index in [2.05, 4.69) is 36.4 Å². The van der Waals surface area contributed by atoms with Gasteiger partial charge >= 0.3 is 0 Å². The van der Waals surface area contributed by atoms with Crippen molar-refractivity contribution in [3.63, 3.8) is 0 Å². The van der Waals surface area contributed by atoms with Crippen LogP contribution in [0.25, 0.3) is 0 Å². The highest BCUT2D eigenvalue weighted by Gasteiger charge is 2.25. The van der Waals surface area contributed by atoms with Crippen LogP contribution in [0.3, 0.4) is 0 Å². The van der Waals surface area contributed by atoms with Gasteiger partial charge in [-0.1, -0.05) is 31.5 Å². The van der Waals surface area contributed by atoms with Gasteiger partial charge in [-0.3, -0.25) is 4.99 Å². The summed E-state index contributed by atoms with van der Waals surface area (Å²) in [6, 6.07) is 3.80. The highest BCUT2D eigenvalue weighted by Crippen LogP contribution is 2.30. The molecular weight excluding hydrogens is 451 g/mol.